The molecule has 1 saturated carbocycles. The van der Waals surface area contributed by atoms with E-state index >= 15 is 0 Å². The van der Waals surface area contributed by atoms with Gasteiger partial charge in [0.05, 0.1) is 10.3 Å². The lowest BCUT2D eigenvalue weighted by Crippen LogP contribution is -2.35. The van der Waals surface area contributed by atoms with Crippen molar-refractivity contribution in [3.63, 3.8) is 0 Å². The van der Waals surface area contributed by atoms with Crippen LogP contribution in [0.5, 0.6) is 0 Å². The van der Waals surface area contributed by atoms with E-state index in [-0.39, 0.29) is 11.5 Å². The number of nitrogens with zero attached hydrogens (tertiary/aromatic N) is 3. The van der Waals surface area contributed by atoms with Gasteiger partial charge in [-0.3, -0.25) is 14.0 Å². The minimum absolute atomic E-state index is 0.0526. The number of hydrogen-bond donors (Lipinski definition) is 0. The number of fused-ring (bicyclic) bond motifs is 2. The molecule has 1 amide bonds. The van der Waals surface area contributed by atoms with Crippen LogP contribution in [0.15, 0.2) is 65.6 Å². The summed E-state index contributed by atoms with van der Waals surface area (Å²) in [5.74, 6) is 0.465. The molecule has 0 aliphatic heterocycles. The predicted octanol–water partition coefficient (Wildman–Crippen LogP) is 5.14. The molecule has 1 aliphatic rings. The van der Waals surface area contributed by atoms with Gasteiger partial charge < -0.3 is 4.90 Å². The standard InChI is InChI=1S/C24H23N3O2S/c28-23-19-15-20(30-22(19)25-21-13-7-8-14-26(21)23)24(29)27(18-11-5-2-6-12-18)16-17-9-3-1-4-10-17/h2,5-8,11-15,17H,1,3-4,9-10,16H2. The highest BCUT2D eigenvalue weighted by atomic mass is 32.1. The number of anilines is 1. The Balaban J connectivity index is 1.55. The normalized spacial score (nSPS) is 14.9. The Morgan fingerprint density at radius 1 is 1.07 bits per heavy atom. The minimum Gasteiger partial charge on any atom is -0.307 e. The van der Waals surface area contributed by atoms with Gasteiger partial charge in [0.2, 0.25) is 0 Å². The molecule has 4 aromatic rings. The largest absolute Gasteiger partial charge is 0.307 e. The van der Waals surface area contributed by atoms with Gasteiger partial charge in [0.15, 0.2) is 0 Å². The predicted molar refractivity (Wildman–Crippen MR) is 122 cm³/mol. The lowest BCUT2D eigenvalue weighted by Gasteiger charge is -2.29. The molecule has 0 unspecified atom stereocenters. The second-order valence-electron chi connectivity index (χ2n) is 7.93. The first kappa shape index (κ1) is 19.0. The molecule has 152 valence electrons. The Morgan fingerprint density at radius 3 is 2.63 bits per heavy atom. The number of pyridine rings is 1. The maximum absolute atomic E-state index is 13.6. The molecule has 6 heteroatoms. The third-order valence-corrected chi connectivity index (χ3v) is 6.92. The first-order chi connectivity index (χ1) is 14.7. The fourth-order valence-electron chi connectivity index (χ4n) is 4.33. The molecule has 30 heavy (non-hydrogen) atoms. The van der Waals surface area contributed by atoms with Crippen LogP contribution in [0.3, 0.4) is 0 Å². The quantitative estimate of drug-likeness (QED) is 0.462. The maximum Gasteiger partial charge on any atom is 0.268 e. The van der Waals surface area contributed by atoms with Crippen LogP contribution in [0, 0.1) is 5.92 Å². The van der Waals surface area contributed by atoms with Gasteiger partial charge in [-0.15, -0.1) is 11.3 Å². The molecular formula is C24H23N3O2S. The summed E-state index contributed by atoms with van der Waals surface area (Å²) in [5, 5.41) is 0.498. The topological polar surface area (TPSA) is 54.7 Å². The SMILES string of the molecule is O=C(c1cc2c(=O)n3ccccc3nc2s1)N(CC1CCCCC1)c1ccccc1. The number of para-hydroxylation sites is 1. The van der Waals surface area contributed by atoms with Crippen molar-refractivity contribution in [3.05, 3.63) is 76.0 Å². The lowest BCUT2D eigenvalue weighted by molar-refractivity contribution is 0.0984. The van der Waals surface area contributed by atoms with Crippen LogP contribution < -0.4 is 10.5 Å². The number of benzene rings is 1. The van der Waals surface area contributed by atoms with Gasteiger partial charge in [0.1, 0.15) is 10.5 Å². The third kappa shape index (κ3) is 3.52. The van der Waals surface area contributed by atoms with Crippen molar-refractivity contribution in [2.24, 2.45) is 5.92 Å². The van der Waals surface area contributed by atoms with Crippen LogP contribution in [0.4, 0.5) is 5.69 Å². The van der Waals surface area contributed by atoms with E-state index in [1.807, 2.05) is 47.4 Å². The molecule has 0 spiro atoms. The van der Waals surface area contributed by atoms with Crippen molar-refractivity contribution in [3.8, 4) is 0 Å². The van der Waals surface area contributed by atoms with Crippen molar-refractivity contribution in [2.45, 2.75) is 32.1 Å². The molecule has 1 aliphatic carbocycles. The zero-order valence-electron chi connectivity index (χ0n) is 16.7. The van der Waals surface area contributed by atoms with Crippen molar-refractivity contribution < 1.29 is 4.79 Å². The van der Waals surface area contributed by atoms with E-state index in [2.05, 4.69) is 4.98 Å². The van der Waals surface area contributed by atoms with Crippen LogP contribution in [0.25, 0.3) is 15.9 Å². The molecule has 0 N–H and O–H groups in total. The highest BCUT2D eigenvalue weighted by molar-refractivity contribution is 7.20. The summed E-state index contributed by atoms with van der Waals surface area (Å²) in [7, 11) is 0. The second kappa shape index (κ2) is 8.03. The molecule has 0 atom stereocenters. The van der Waals surface area contributed by atoms with E-state index in [0.29, 0.717) is 33.2 Å². The molecule has 0 saturated heterocycles. The van der Waals surface area contributed by atoms with Crippen LogP contribution in [0.2, 0.25) is 0 Å². The highest BCUT2D eigenvalue weighted by Crippen LogP contribution is 2.30. The van der Waals surface area contributed by atoms with Gasteiger partial charge in [-0.2, -0.15) is 0 Å². The zero-order chi connectivity index (χ0) is 20.5. The first-order valence-corrected chi connectivity index (χ1v) is 11.3. The average Bonchev–Trinajstić information content (AvgIpc) is 3.23. The Kier molecular flexibility index (Phi) is 5.09. The molecule has 3 heterocycles. The van der Waals surface area contributed by atoms with Gasteiger partial charge in [0, 0.05) is 18.4 Å². The monoisotopic (exact) mass is 417 g/mol. The Morgan fingerprint density at radius 2 is 1.83 bits per heavy atom. The van der Waals surface area contributed by atoms with Crippen molar-refractivity contribution in [1.29, 1.82) is 0 Å². The molecular weight excluding hydrogens is 394 g/mol. The van der Waals surface area contributed by atoms with Crippen LogP contribution >= 0.6 is 11.3 Å². The number of thiophene rings is 1. The number of hydrogen-bond acceptors (Lipinski definition) is 4. The van der Waals surface area contributed by atoms with Crippen molar-refractivity contribution in [2.75, 3.05) is 11.4 Å². The van der Waals surface area contributed by atoms with E-state index in [4.69, 9.17) is 0 Å². The van der Waals surface area contributed by atoms with Crippen molar-refractivity contribution >= 4 is 38.8 Å². The smallest absolute Gasteiger partial charge is 0.268 e. The highest BCUT2D eigenvalue weighted by Gasteiger charge is 2.25. The fraction of sp³-hybridized carbons (Fsp3) is 0.292. The molecule has 0 radical (unpaired) electrons. The Hall–Kier alpha value is -2.99. The summed E-state index contributed by atoms with van der Waals surface area (Å²) < 4.78 is 1.53. The third-order valence-electron chi connectivity index (χ3n) is 5.91. The summed E-state index contributed by atoms with van der Waals surface area (Å²) in [5.41, 5.74) is 1.36. The number of carbonyl (C=O) groups is 1. The Bertz CT molecular complexity index is 1260. The van der Waals surface area contributed by atoms with E-state index in [1.54, 1.807) is 18.3 Å². The lowest BCUT2D eigenvalue weighted by atomic mass is 9.89. The average molecular weight is 418 g/mol. The van der Waals surface area contributed by atoms with Gasteiger partial charge >= 0.3 is 0 Å². The summed E-state index contributed by atoms with van der Waals surface area (Å²) >= 11 is 1.30. The molecule has 1 aromatic carbocycles. The summed E-state index contributed by atoms with van der Waals surface area (Å²) in [6.45, 7) is 0.714. The van der Waals surface area contributed by atoms with Gasteiger partial charge in [-0.1, -0.05) is 43.5 Å². The minimum atomic E-state index is -0.135. The second-order valence-corrected chi connectivity index (χ2v) is 8.96. The van der Waals surface area contributed by atoms with E-state index in [9.17, 15) is 9.59 Å². The zero-order valence-corrected chi connectivity index (χ0v) is 17.5. The fourth-order valence-corrected chi connectivity index (χ4v) is 5.31. The van der Waals surface area contributed by atoms with Gasteiger partial charge in [0.25, 0.3) is 11.5 Å². The van der Waals surface area contributed by atoms with Crippen molar-refractivity contribution in [1.82, 2.24) is 9.38 Å². The van der Waals surface area contributed by atoms with E-state index < -0.39 is 0 Å². The maximum atomic E-state index is 13.6. The van der Waals surface area contributed by atoms with Crippen LogP contribution in [0.1, 0.15) is 41.8 Å². The molecule has 0 bridgehead atoms. The molecule has 3 aromatic heterocycles. The summed E-state index contributed by atoms with van der Waals surface area (Å²) in [6, 6.07) is 17.0. The number of amides is 1. The van der Waals surface area contributed by atoms with Gasteiger partial charge in [-0.25, -0.2) is 4.98 Å². The molecule has 5 rings (SSSR count). The summed E-state index contributed by atoms with van der Waals surface area (Å²) in [4.78, 5) is 34.1. The Labute approximate surface area is 178 Å². The van der Waals surface area contributed by atoms with E-state index in [0.717, 1.165) is 18.5 Å². The number of rotatable bonds is 4. The summed E-state index contributed by atoms with van der Waals surface area (Å²) in [6.07, 6.45) is 7.79. The number of carbonyl (C=O) groups excluding carboxylic acids is 1. The molecule has 5 nitrogen and oxygen atoms in total. The van der Waals surface area contributed by atoms with Crippen LogP contribution in [-0.4, -0.2) is 21.8 Å². The van der Waals surface area contributed by atoms with Crippen LogP contribution in [-0.2, 0) is 0 Å². The molecule has 1 fully saturated rings. The number of aromatic nitrogens is 2. The van der Waals surface area contributed by atoms with E-state index in [1.165, 1.54) is 35.0 Å². The van der Waals surface area contributed by atoms with Gasteiger partial charge in [-0.05, 0) is 49.1 Å². The first-order valence-electron chi connectivity index (χ1n) is 10.5.